The minimum absolute atomic E-state index is 0.000989. The van der Waals surface area contributed by atoms with Gasteiger partial charge in [-0.25, -0.2) is 4.79 Å². The largest absolute Gasteiger partial charge is 0.329 e. The Morgan fingerprint density at radius 3 is 2.14 bits per heavy atom. The smallest absolute Gasteiger partial charge is 0.324 e. The molecule has 5 rings (SSSR count). The lowest BCUT2D eigenvalue weighted by molar-refractivity contribution is -0.125. The highest BCUT2D eigenvalue weighted by Crippen LogP contribution is 2.36. The number of nitrogens with zero attached hydrogens (tertiary/aromatic N) is 1. The molecule has 0 spiro atoms. The predicted molar refractivity (Wildman–Crippen MR) is 128 cm³/mol. The molecule has 1 heterocycles. The summed E-state index contributed by atoms with van der Waals surface area (Å²) in [5, 5.41) is 7.88. The molecule has 3 N–H and O–H groups in total. The van der Waals surface area contributed by atoms with Gasteiger partial charge in [-0.2, -0.15) is 0 Å². The van der Waals surface area contributed by atoms with Gasteiger partial charge in [0.1, 0.15) is 0 Å². The number of carbonyl (C=O) groups is 5. The number of urea groups is 1. The number of hydrogen-bond donors (Lipinski definition) is 3. The number of rotatable bonds is 6. The lowest BCUT2D eigenvalue weighted by Gasteiger charge is -2.12. The van der Waals surface area contributed by atoms with Gasteiger partial charge in [0.05, 0.1) is 6.54 Å². The first-order chi connectivity index (χ1) is 16.9. The van der Waals surface area contributed by atoms with Crippen molar-refractivity contribution in [3.05, 3.63) is 83.4 Å². The number of anilines is 2. The van der Waals surface area contributed by atoms with Crippen LogP contribution >= 0.6 is 0 Å². The van der Waals surface area contributed by atoms with Crippen molar-refractivity contribution < 1.29 is 24.0 Å². The van der Waals surface area contributed by atoms with E-state index in [1.165, 1.54) is 0 Å². The van der Waals surface area contributed by atoms with Crippen molar-refractivity contribution in [1.29, 1.82) is 0 Å². The van der Waals surface area contributed by atoms with Gasteiger partial charge in [0, 0.05) is 41.0 Å². The van der Waals surface area contributed by atoms with E-state index in [9.17, 15) is 24.0 Å². The van der Waals surface area contributed by atoms with E-state index >= 15 is 0 Å². The summed E-state index contributed by atoms with van der Waals surface area (Å²) in [4.78, 5) is 61.7. The third kappa shape index (κ3) is 4.26. The second-order valence-electron chi connectivity index (χ2n) is 8.17. The third-order valence-electron chi connectivity index (χ3n) is 5.91. The van der Waals surface area contributed by atoms with Gasteiger partial charge in [-0.3, -0.25) is 24.1 Å². The van der Waals surface area contributed by atoms with Gasteiger partial charge in [-0.15, -0.1) is 0 Å². The van der Waals surface area contributed by atoms with Crippen LogP contribution in [0.3, 0.4) is 0 Å². The topological polar surface area (TPSA) is 125 Å². The van der Waals surface area contributed by atoms with Gasteiger partial charge in [-0.05, 0) is 47.5 Å². The Morgan fingerprint density at radius 2 is 1.46 bits per heavy atom. The van der Waals surface area contributed by atoms with E-state index in [-0.39, 0.29) is 43.0 Å². The summed E-state index contributed by atoms with van der Waals surface area (Å²) in [6.07, 6.45) is -0.0292. The van der Waals surface area contributed by atoms with Crippen LogP contribution in [0.1, 0.15) is 32.7 Å². The number of carbonyl (C=O) groups excluding carboxylic acids is 5. The molecule has 3 aromatic carbocycles. The van der Waals surface area contributed by atoms with Crippen molar-refractivity contribution in [1.82, 2.24) is 10.2 Å². The van der Waals surface area contributed by atoms with E-state index in [0.717, 1.165) is 16.0 Å². The van der Waals surface area contributed by atoms with Crippen LogP contribution in [0.5, 0.6) is 0 Å². The standard InChI is InChI=1S/C26H20N4O5/c31-22(11-12-30-23(32)14-27-26(30)35)28-16-6-8-17(9-7-16)29-25(34)15-5-10-19-18-3-1-2-4-20(18)24(33)21(19)13-15/h1-10,13H,11-12,14H2,(H,27,35)(H,28,31)(H,29,34). The number of ketones is 1. The minimum Gasteiger partial charge on any atom is -0.329 e. The summed E-state index contributed by atoms with van der Waals surface area (Å²) in [7, 11) is 0. The van der Waals surface area contributed by atoms with Crippen LogP contribution in [0, 0.1) is 0 Å². The van der Waals surface area contributed by atoms with E-state index in [0.29, 0.717) is 28.1 Å². The number of amides is 5. The van der Waals surface area contributed by atoms with Crippen LogP contribution in [0.2, 0.25) is 0 Å². The van der Waals surface area contributed by atoms with Gasteiger partial charge < -0.3 is 16.0 Å². The van der Waals surface area contributed by atoms with Crippen LogP contribution in [0.25, 0.3) is 11.1 Å². The zero-order valence-electron chi connectivity index (χ0n) is 18.5. The van der Waals surface area contributed by atoms with Crippen molar-refractivity contribution in [2.24, 2.45) is 0 Å². The first-order valence-corrected chi connectivity index (χ1v) is 11.0. The molecule has 174 valence electrons. The number of imide groups is 1. The van der Waals surface area contributed by atoms with Gasteiger partial charge in [0.15, 0.2) is 5.78 Å². The molecule has 0 unspecified atom stereocenters. The quantitative estimate of drug-likeness (QED) is 0.375. The average Bonchev–Trinajstić information content (AvgIpc) is 3.34. The van der Waals surface area contributed by atoms with Crippen LogP contribution < -0.4 is 16.0 Å². The monoisotopic (exact) mass is 468 g/mol. The van der Waals surface area contributed by atoms with Crippen LogP contribution in [0.15, 0.2) is 66.7 Å². The van der Waals surface area contributed by atoms with E-state index < -0.39 is 6.03 Å². The maximum absolute atomic E-state index is 12.8. The molecule has 9 nitrogen and oxygen atoms in total. The van der Waals surface area contributed by atoms with Crippen LogP contribution in [-0.4, -0.2) is 47.5 Å². The Kier molecular flexibility index (Phi) is 5.58. The Morgan fingerprint density at radius 1 is 0.800 bits per heavy atom. The Balaban J connectivity index is 1.19. The molecule has 1 aliphatic carbocycles. The molecule has 1 aliphatic heterocycles. The molecule has 0 radical (unpaired) electrons. The van der Waals surface area contributed by atoms with Gasteiger partial charge in [0.2, 0.25) is 11.8 Å². The fraction of sp³-hybridized carbons (Fsp3) is 0.115. The molecule has 0 bridgehead atoms. The summed E-state index contributed by atoms with van der Waals surface area (Å²) in [5.41, 5.74) is 4.21. The molecule has 0 aromatic heterocycles. The molecular formula is C26H20N4O5. The Bertz CT molecular complexity index is 1380. The summed E-state index contributed by atoms with van der Waals surface area (Å²) in [5.74, 6) is -1.17. The fourth-order valence-corrected chi connectivity index (χ4v) is 4.13. The fourth-order valence-electron chi connectivity index (χ4n) is 4.13. The normalized spacial score (nSPS) is 13.8. The maximum atomic E-state index is 12.8. The average molecular weight is 468 g/mol. The third-order valence-corrected chi connectivity index (χ3v) is 5.91. The first-order valence-electron chi connectivity index (χ1n) is 11.0. The SMILES string of the molecule is O=C(CCN1C(=O)CNC1=O)Nc1ccc(NC(=O)c2ccc3c(c2)C(=O)c2ccccc2-3)cc1. The molecule has 1 saturated heterocycles. The molecule has 0 saturated carbocycles. The zero-order valence-corrected chi connectivity index (χ0v) is 18.5. The van der Waals surface area contributed by atoms with Crippen molar-refractivity contribution in [2.45, 2.75) is 6.42 Å². The second-order valence-corrected chi connectivity index (χ2v) is 8.17. The molecule has 0 atom stereocenters. The first kappa shape index (κ1) is 22.0. The molecule has 9 heteroatoms. The number of fused-ring (bicyclic) bond motifs is 3. The van der Waals surface area contributed by atoms with Crippen LogP contribution in [0.4, 0.5) is 16.2 Å². The molecule has 2 aliphatic rings. The van der Waals surface area contributed by atoms with Crippen molar-refractivity contribution in [3.8, 4) is 11.1 Å². The summed E-state index contributed by atoms with van der Waals surface area (Å²) >= 11 is 0. The number of benzene rings is 3. The van der Waals surface area contributed by atoms with Gasteiger partial charge in [0.25, 0.3) is 5.91 Å². The Labute approximate surface area is 200 Å². The molecule has 3 aromatic rings. The van der Waals surface area contributed by atoms with Gasteiger partial charge >= 0.3 is 6.03 Å². The summed E-state index contributed by atoms with van der Waals surface area (Å²) < 4.78 is 0. The summed E-state index contributed by atoms with van der Waals surface area (Å²) in [6.45, 7) is -0.0535. The maximum Gasteiger partial charge on any atom is 0.324 e. The van der Waals surface area contributed by atoms with E-state index in [4.69, 9.17) is 0 Å². The summed E-state index contributed by atoms with van der Waals surface area (Å²) in [6, 6.07) is 18.5. The zero-order chi connectivity index (χ0) is 24.5. The number of hydrogen-bond acceptors (Lipinski definition) is 5. The highest BCUT2D eigenvalue weighted by Gasteiger charge is 2.29. The molecule has 35 heavy (non-hydrogen) atoms. The molecular weight excluding hydrogens is 448 g/mol. The van der Waals surface area contributed by atoms with E-state index in [2.05, 4.69) is 16.0 Å². The van der Waals surface area contributed by atoms with Crippen LogP contribution in [-0.2, 0) is 9.59 Å². The van der Waals surface area contributed by atoms with Crippen molar-refractivity contribution in [2.75, 3.05) is 23.7 Å². The van der Waals surface area contributed by atoms with Crippen molar-refractivity contribution in [3.63, 3.8) is 0 Å². The lowest BCUT2D eigenvalue weighted by atomic mass is 10.0. The van der Waals surface area contributed by atoms with Gasteiger partial charge in [-0.1, -0.05) is 30.3 Å². The molecule has 1 fully saturated rings. The highest BCUT2D eigenvalue weighted by atomic mass is 16.2. The second kappa shape index (κ2) is 8.86. The lowest BCUT2D eigenvalue weighted by Crippen LogP contribution is -2.33. The Hall–Kier alpha value is -4.79. The number of nitrogens with one attached hydrogen (secondary N) is 3. The van der Waals surface area contributed by atoms with Crippen molar-refractivity contribution >= 4 is 40.9 Å². The minimum atomic E-state index is -0.500. The predicted octanol–water partition coefficient (Wildman–Crippen LogP) is 3.03. The van der Waals surface area contributed by atoms with E-state index in [1.54, 1.807) is 48.5 Å². The highest BCUT2D eigenvalue weighted by molar-refractivity contribution is 6.22. The van der Waals surface area contributed by atoms with E-state index in [1.807, 2.05) is 18.2 Å². The molecule has 5 amide bonds.